The number of phenols is 1. The summed E-state index contributed by atoms with van der Waals surface area (Å²) in [6.45, 7) is 2.20. The van der Waals surface area contributed by atoms with Crippen molar-refractivity contribution in [3.63, 3.8) is 0 Å². The van der Waals surface area contributed by atoms with E-state index in [0.29, 0.717) is 18.7 Å². The lowest BCUT2D eigenvalue weighted by atomic mass is 10.1. The molecule has 5 heteroatoms. The number of phenolic OH excluding ortho intramolecular Hbond substituents is 1. The first-order valence-electron chi connectivity index (χ1n) is 6.63. The third kappa shape index (κ3) is 4.49. The zero-order valence-electron chi connectivity index (χ0n) is 11.7. The number of amides is 2. The van der Waals surface area contributed by atoms with Gasteiger partial charge >= 0.3 is 6.03 Å². The van der Waals surface area contributed by atoms with E-state index < -0.39 is 0 Å². The van der Waals surface area contributed by atoms with Gasteiger partial charge in [0.15, 0.2) is 0 Å². The van der Waals surface area contributed by atoms with Gasteiger partial charge in [0.1, 0.15) is 11.6 Å². The number of carbonyl (C=O) groups is 1. The Morgan fingerprint density at radius 3 is 2.76 bits per heavy atom. The van der Waals surface area contributed by atoms with Gasteiger partial charge in [0.25, 0.3) is 0 Å². The summed E-state index contributed by atoms with van der Waals surface area (Å²) in [5.74, 6) is -0.124. The number of aryl methyl sites for hydroxylation is 1. The van der Waals surface area contributed by atoms with Crippen LogP contribution in [-0.2, 0) is 6.42 Å². The van der Waals surface area contributed by atoms with Gasteiger partial charge < -0.3 is 15.7 Å². The lowest BCUT2D eigenvalue weighted by Crippen LogP contribution is -2.30. The summed E-state index contributed by atoms with van der Waals surface area (Å²) < 4.78 is 13.0. The van der Waals surface area contributed by atoms with E-state index in [9.17, 15) is 14.3 Å². The molecule has 0 aliphatic carbocycles. The molecule has 0 atom stereocenters. The molecule has 0 fully saturated rings. The Hall–Kier alpha value is -2.56. The lowest BCUT2D eigenvalue weighted by Gasteiger charge is -2.10. The molecule has 0 spiro atoms. The topological polar surface area (TPSA) is 61.4 Å². The fraction of sp³-hybridized carbons (Fsp3) is 0.188. The van der Waals surface area contributed by atoms with Crippen molar-refractivity contribution in [2.75, 3.05) is 11.9 Å². The average Bonchev–Trinajstić information content (AvgIpc) is 2.42. The molecule has 0 heterocycles. The smallest absolute Gasteiger partial charge is 0.319 e. The minimum Gasteiger partial charge on any atom is -0.508 e. The molecular formula is C16H17FN2O2. The molecule has 2 aromatic carbocycles. The summed E-state index contributed by atoms with van der Waals surface area (Å²) in [5.41, 5.74) is 2.24. The molecule has 0 aliphatic heterocycles. The minimum absolute atomic E-state index is 0.157. The molecule has 0 radical (unpaired) electrons. The third-order valence-corrected chi connectivity index (χ3v) is 3.05. The van der Waals surface area contributed by atoms with Crippen molar-refractivity contribution in [1.82, 2.24) is 5.32 Å². The van der Waals surface area contributed by atoms with E-state index in [4.69, 9.17) is 0 Å². The van der Waals surface area contributed by atoms with Gasteiger partial charge in [-0.05, 0) is 54.8 Å². The fourth-order valence-corrected chi connectivity index (χ4v) is 1.97. The normalized spacial score (nSPS) is 10.2. The van der Waals surface area contributed by atoms with Gasteiger partial charge in [-0.2, -0.15) is 0 Å². The number of hydrogen-bond donors (Lipinski definition) is 3. The Balaban J connectivity index is 1.82. The summed E-state index contributed by atoms with van der Waals surface area (Å²) in [7, 11) is 0. The van der Waals surface area contributed by atoms with Crippen LogP contribution in [0.2, 0.25) is 0 Å². The van der Waals surface area contributed by atoms with Crippen molar-refractivity contribution >= 4 is 11.7 Å². The molecule has 110 valence electrons. The molecule has 2 amide bonds. The van der Waals surface area contributed by atoms with Crippen LogP contribution >= 0.6 is 0 Å². The summed E-state index contributed by atoms with van der Waals surface area (Å²) >= 11 is 0. The van der Waals surface area contributed by atoms with Crippen LogP contribution in [0, 0.1) is 12.7 Å². The predicted octanol–water partition coefficient (Wildman–Crippen LogP) is 3.20. The zero-order valence-corrected chi connectivity index (χ0v) is 11.7. The Bertz CT molecular complexity index is 644. The van der Waals surface area contributed by atoms with Crippen molar-refractivity contribution in [2.45, 2.75) is 13.3 Å². The van der Waals surface area contributed by atoms with Crippen LogP contribution in [0.15, 0.2) is 42.5 Å². The maximum absolute atomic E-state index is 13.0. The highest BCUT2D eigenvalue weighted by Gasteiger charge is 2.04. The van der Waals surface area contributed by atoms with Crippen molar-refractivity contribution < 1.29 is 14.3 Å². The first-order chi connectivity index (χ1) is 10.0. The standard InChI is InChI=1S/C16H17FN2O2/c1-11-9-14(20)5-6-15(11)19-16(21)18-8-7-12-3-2-4-13(17)10-12/h2-6,9-10,20H,7-8H2,1H3,(H2,18,19,21). The highest BCUT2D eigenvalue weighted by atomic mass is 19.1. The first kappa shape index (κ1) is 14.8. The number of rotatable bonds is 4. The molecular weight excluding hydrogens is 271 g/mol. The predicted molar refractivity (Wildman–Crippen MR) is 80.0 cm³/mol. The van der Waals surface area contributed by atoms with Crippen LogP contribution in [0.3, 0.4) is 0 Å². The molecule has 2 aromatic rings. The molecule has 0 aromatic heterocycles. The van der Waals surface area contributed by atoms with Gasteiger partial charge in [-0.1, -0.05) is 12.1 Å². The van der Waals surface area contributed by atoms with E-state index in [1.807, 2.05) is 6.07 Å². The number of nitrogens with one attached hydrogen (secondary N) is 2. The summed E-state index contributed by atoms with van der Waals surface area (Å²) in [4.78, 5) is 11.7. The largest absolute Gasteiger partial charge is 0.508 e. The van der Waals surface area contributed by atoms with Crippen LogP contribution in [-0.4, -0.2) is 17.7 Å². The average molecular weight is 288 g/mol. The molecule has 4 nitrogen and oxygen atoms in total. The quantitative estimate of drug-likeness (QED) is 0.757. The molecule has 0 bridgehead atoms. The number of urea groups is 1. The van der Waals surface area contributed by atoms with Crippen LogP contribution in [0.1, 0.15) is 11.1 Å². The number of hydrogen-bond acceptors (Lipinski definition) is 2. The number of benzene rings is 2. The van der Waals surface area contributed by atoms with E-state index in [0.717, 1.165) is 11.1 Å². The van der Waals surface area contributed by atoms with Crippen LogP contribution in [0.25, 0.3) is 0 Å². The second-order valence-corrected chi connectivity index (χ2v) is 4.76. The first-order valence-corrected chi connectivity index (χ1v) is 6.63. The molecule has 0 saturated heterocycles. The third-order valence-electron chi connectivity index (χ3n) is 3.05. The summed E-state index contributed by atoms with van der Waals surface area (Å²) in [6, 6.07) is 10.7. The van der Waals surface area contributed by atoms with E-state index in [1.54, 1.807) is 25.1 Å². The highest BCUT2D eigenvalue weighted by molar-refractivity contribution is 5.90. The Kier molecular flexibility index (Phi) is 4.77. The maximum Gasteiger partial charge on any atom is 0.319 e. The van der Waals surface area contributed by atoms with Crippen LogP contribution < -0.4 is 10.6 Å². The Morgan fingerprint density at radius 1 is 1.24 bits per heavy atom. The zero-order chi connectivity index (χ0) is 15.2. The second-order valence-electron chi connectivity index (χ2n) is 4.76. The summed E-state index contributed by atoms with van der Waals surface area (Å²) in [5, 5.41) is 14.7. The SMILES string of the molecule is Cc1cc(O)ccc1NC(=O)NCCc1cccc(F)c1. The maximum atomic E-state index is 13.0. The Labute approximate surface area is 122 Å². The van der Waals surface area contributed by atoms with Crippen molar-refractivity contribution in [3.05, 3.63) is 59.4 Å². The van der Waals surface area contributed by atoms with Gasteiger partial charge in [-0.15, -0.1) is 0 Å². The highest BCUT2D eigenvalue weighted by Crippen LogP contribution is 2.19. The number of aromatic hydroxyl groups is 1. The number of halogens is 1. The molecule has 3 N–H and O–H groups in total. The van der Waals surface area contributed by atoms with Gasteiger partial charge in [-0.3, -0.25) is 0 Å². The molecule has 0 unspecified atom stereocenters. The van der Waals surface area contributed by atoms with Crippen LogP contribution in [0.5, 0.6) is 5.75 Å². The van der Waals surface area contributed by atoms with Crippen molar-refractivity contribution in [3.8, 4) is 5.75 Å². The van der Waals surface area contributed by atoms with Gasteiger partial charge in [0, 0.05) is 12.2 Å². The van der Waals surface area contributed by atoms with Crippen molar-refractivity contribution in [2.24, 2.45) is 0 Å². The van der Waals surface area contributed by atoms with E-state index in [1.165, 1.54) is 18.2 Å². The fourth-order valence-electron chi connectivity index (χ4n) is 1.97. The molecule has 0 saturated carbocycles. The molecule has 2 rings (SSSR count). The van der Waals surface area contributed by atoms with Crippen molar-refractivity contribution in [1.29, 1.82) is 0 Å². The molecule has 21 heavy (non-hydrogen) atoms. The minimum atomic E-state index is -0.333. The lowest BCUT2D eigenvalue weighted by molar-refractivity contribution is 0.252. The molecule has 0 aliphatic rings. The Morgan fingerprint density at radius 2 is 2.05 bits per heavy atom. The van der Waals surface area contributed by atoms with E-state index in [2.05, 4.69) is 10.6 Å². The number of carbonyl (C=O) groups excluding carboxylic acids is 1. The van der Waals surface area contributed by atoms with E-state index in [-0.39, 0.29) is 17.6 Å². The summed E-state index contributed by atoms with van der Waals surface area (Å²) in [6.07, 6.45) is 0.555. The second kappa shape index (κ2) is 6.74. The van der Waals surface area contributed by atoms with E-state index >= 15 is 0 Å². The van der Waals surface area contributed by atoms with Crippen LogP contribution in [0.4, 0.5) is 14.9 Å². The van der Waals surface area contributed by atoms with Gasteiger partial charge in [0.2, 0.25) is 0 Å². The van der Waals surface area contributed by atoms with Gasteiger partial charge in [0.05, 0.1) is 0 Å². The number of anilines is 1. The van der Waals surface area contributed by atoms with Gasteiger partial charge in [-0.25, -0.2) is 9.18 Å². The monoisotopic (exact) mass is 288 g/mol.